The van der Waals surface area contributed by atoms with Gasteiger partial charge in [-0.05, 0) is 18.2 Å². The van der Waals surface area contributed by atoms with E-state index in [2.05, 4.69) is 10.2 Å². The van der Waals surface area contributed by atoms with Crippen LogP contribution in [0, 0.1) is 28.6 Å². The van der Waals surface area contributed by atoms with Crippen LogP contribution in [-0.4, -0.2) is 6.54 Å². The molecule has 80 valence electrons. The first kappa shape index (κ1) is 12.4. The van der Waals surface area contributed by atoms with Gasteiger partial charge in [-0.3, -0.25) is 0 Å². The monoisotopic (exact) mass is 252 g/mol. The largest absolute Gasteiger partial charge is 0.197 e. The number of nitriles is 2. The standard InChI is InChI=1S/C10H6Cl2N4/c11-8-1-2-10(9(12)3-8)16-15-6-7(4-13)5-14/h1-3,7H,6H2. The summed E-state index contributed by atoms with van der Waals surface area (Å²) in [6, 6.07) is 8.38. The van der Waals surface area contributed by atoms with E-state index in [0.717, 1.165) is 0 Å². The Hall–Kier alpha value is -1.62. The third-order valence-corrected chi connectivity index (χ3v) is 2.20. The van der Waals surface area contributed by atoms with E-state index in [4.69, 9.17) is 33.7 Å². The van der Waals surface area contributed by atoms with E-state index in [9.17, 15) is 0 Å². The quantitative estimate of drug-likeness (QED) is 0.769. The average molecular weight is 253 g/mol. The molecule has 0 aliphatic heterocycles. The third-order valence-electron chi connectivity index (χ3n) is 1.66. The van der Waals surface area contributed by atoms with Crippen molar-refractivity contribution < 1.29 is 0 Å². The van der Waals surface area contributed by atoms with Crippen molar-refractivity contribution in [3.63, 3.8) is 0 Å². The molecule has 16 heavy (non-hydrogen) atoms. The molecule has 0 heterocycles. The summed E-state index contributed by atoms with van der Waals surface area (Å²) in [6.45, 7) is 0.0337. The molecule has 1 aromatic rings. The van der Waals surface area contributed by atoms with E-state index in [1.807, 2.05) is 0 Å². The zero-order chi connectivity index (χ0) is 12.0. The van der Waals surface area contributed by atoms with Crippen LogP contribution in [-0.2, 0) is 0 Å². The zero-order valence-corrected chi connectivity index (χ0v) is 9.57. The van der Waals surface area contributed by atoms with Gasteiger partial charge in [-0.1, -0.05) is 23.2 Å². The van der Waals surface area contributed by atoms with Gasteiger partial charge in [-0.25, -0.2) is 0 Å². The normalized spacial score (nSPS) is 10.3. The Bertz CT molecular complexity index is 471. The molecule has 0 N–H and O–H groups in total. The SMILES string of the molecule is N#CC(C#N)CN=Nc1ccc(Cl)cc1Cl. The number of halogens is 2. The van der Waals surface area contributed by atoms with Crippen molar-refractivity contribution in [3.8, 4) is 12.1 Å². The molecular formula is C10H6Cl2N4. The summed E-state index contributed by atoms with van der Waals surface area (Å²) in [4.78, 5) is 0. The lowest BCUT2D eigenvalue weighted by Gasteiger charge is -1.97. The van der Waals surface area contributed by atoms with E-state index in [1.54, 1.807) is 30.3 Å². The minimum absolute atomic E-state index is 0.0337. The van der Waals surface area contributed by atoms with Gasteiger partial charge in [0.25, 0.3) is 0 Å². The van der Waals surface area contributed by atoms with Gasteiger partial charge in [0, 0.05) is 5.02 Å². The fraction of sp³-hybridized carbons (Fsp3) is 0.200. The molecule has 0 bridgehead atoms. The van der Waals surface area contributed by atoms with E-state index in [-0.39, 0.29) is 6.54 Å². The maximum atomic E-state index is 8.50. The van der Waals surface area contributed by atoms with Crippen LogP contribution in [0.25, 0.3) is 0 Å². The topological polar surface area (TPSA) is 72.3 Å². The minimum Gasteiger partial charge on any atom is -0.197 e. The van der Waals surface area contributed by atoms with Crippen LogP contribution in [0.5, 0.6) is 0 Å². The smallest absolute Gasteiger partial charge is 0.154 e. The Kier molecular flexibility index (Phi) is 4.72. The summed E-state index contributed by atoms with van der Waals surface area (Å²) in [5, 5.41) is 25.4. The van der Waals surface area contributed by atoms with Gasteiger partial charge in [0.05, 0.1) is 23.7 Å². The highest BCUT2D eigenvalue weighted by Crippen LogP contribution is 2.27. The number of nitrogens with zero attached hydrogens (tertiary/aromatic N) is 4. The molecule has 6 heteroatoms. The van der Waals surface area contributed by atoms with Crippen LogP contribution >= 0.6 is 23.2 Å². The zero-order valence-electron chi connectivity index (χ0n) is 8.06. The van der Waals surface area contributed by atoms with E-state index >= 15 is 0 Å². The van der Waals surface area contributed by atoms with E-state index in [0.29, 0.717) is 15.7 Å². The van der Waals surface area contributed by atoms with Gasteiger partial charge < -0.3 is 0 Å². The fourth-order valence-electron chi connectivity index (χ4n) is 0.872. The van der Waals surface area contributed by atoms with Crippen LogP contribution in [0.2, 0.25) is 10.0 Å². The van der Waals surface area contributed by atoms with Crippen molar-refractivity contribution in [1.29, 1.82) is 10.5 Å². The van der Waals surface area contributed by atoms with Gasteiger partial charge in [0.15, 0.2) is 5.92 Å². The summed E-state index contributed by atoms with van der Waals surface area (Å²) in [6.07, 6.45) is 0. The van der Waals surface area contributed by atoms with Crippen molar-refractivity contribution in [3.05, 3.63) is 28.2 Å². The lowest BCUT2D eigenvalue weighted by Crippen LogP contribution is -1.95. The maximum absolute atomic E-state index is 8.50. The predicted molar refractivity (Wildman–Crippen MR) is 60.6 cm³/mol. The van der Waals surface area contributed by atoms with Gasteiger partial charge in [-0.2, -0.15) is 20.8 Å². The molecule has 0 aromatic heterocycles. The van der Waals surface area contributed by atoms with E-state index < -0.39 is 5.92 Å². The summed E-state index contributed by atoms with van der Waals surface area (Å²) in [7, 11) is 0. The molecule has 0 saturated heterocycles. The van der Waals surface area contributed by atoms with Crippen LogP contribution in [0.4, 0.5) is 5.69 Å². The van der Waals surface area contributed by atoms with Crippen LogP contribution in [0.3, 0.4) is 0 Å². The summed E-state index contributed by atoms with van der Waals surface area (Å²) in [5.41, 5.74) is 0.459. The van der Waals surface area contributed by atoms with Crippen LogP contribution < -0.4 is 0 Å². The molecule has 4 nitrogen and oxygen atoms in total. The number of hydrogen-bond acceptors (Lipinski definition) is 4. The number of rotatable bonds is 3. The Balaban J connectivity index is 2.71. The van der Waals surface area contributed by atoms with Gasteiger partial charge in [-0.15, -0.1) is 0 Å². The Morgan fingerprint density at radius 3 is 2.50 bits per heavy atom. The molecule has 1 rings (SSSR count). The van der Waals surface area contributed by atoms with Crippen LogP contribution in [0.1, 0.15) is 0 Å². The first-order chi connectivity index (χ1) is 7.67. The second kappa shape index (κ2) is 6.07. The van der Waals surface area contributed by atoms with Gasteiger partial charge in [0.1, 0.15) is 5.69 Å². The lowest BCUT2D eigenvalue weighted by atomic mass is 10.2. The van der Waals surface area contributed by atoms with Crippen molar-refractivity contribution in [2.24, 2.45) is 16.1 Å². The Morgan fingerprint density at radius 2 is 1.94 bits per heavy atom. The van der Waals surface area contributed by atoms with Crippen molar-refractivity contribution in [2.75, 3.05) is 6.54 Å². The maximum Gasteiger partial charge on any atom is 0.154 e. The van der Waals surface area contributed by atoms with Crippen LogP contribution in [0.15, 0.2) is 28.4 Å². The highest BCUT2D eigenvalue weighted by Gasteiger charge is 2.03. The Morgan fingerprint density at radius 1 is 1.25 bits per heavy atom. The van der Waals surface area contributed by atoms with E-state index in [1.165, 1.54) is 0 Å². The minimum atomic E-state index is -0.783. The third kappa shape index (κ3) is 3.51. The van der Waals surface area contributed by atoms with Crippen molar-refractivity contribution in [2.45, 2.75) is 0 Å². The summed E-state index contributed by atoms with van der Waals surface area (Å²) in [5.74, 6) is -0.783. The predicted octanol–water partition coefficient (Wildman–Crippen LogP) is 3.74. The second-order valence-corrected chi connectivity index (χ2v) is 3.67. The second-order valence-electron chi connectivity index (χ2n) is 2.83. The Labute approximate surface area is 103 Å². The first-order valence-corrected chi connectivity index (χ1v) is 5.04. The molecule has 0 atom stereocenters. The molecule has 0 amide bonds. The summed E-state index contributed by atoms with van der Waals surface area (Å²) < 4.78 is 0. The molecule has 0 unspecified atom stereocenters. The van der Waals surface area contributed by atoms with Gasteiger partial charge in [0.2, 0.25) is 0 Å². The number of azo groups is 1. The molecule has 0 aliphatic carbocycles. The van der Waals surface area contributed by atoms with Gasteiger partial charge >= 0.3 is 0 Å². The lowest BCUT2D eigenvalue weighted by molar-refractivity contribution is 0.809. The van der Waals surface area contributed by atoms with Crippen molar-refractivity contribution in [1.82, 2.24) is 0 Å². The molecule has 0 fully saturated rings. The molecule has 1 aromatic carbocycles. The molecule has 0 aliphatic rings. The number of benzene rings is 1. The number of hydrogen-bond donors (Lipinski definition) is 0. The highest BCUT2D eigenvalue weighted by atomic mass is 35.5. The molecule has 0 spiro atoms. The first-order valence-electron chi connectivity index (χ1n) is 4.29. The fourth-order valence-corrected chi connectivity index (χ4v) is 1.32. The molecular weight excluding hydrogens is 247 g/mol. The highest BCUT2D eigenvalue weighted by molar-refractivity contribution is 6.36. The average Bonchev–Trinajstić information content (AvgIpc) is 2.27. The molecule has 0 saturated carbocycles. The summed E-state index contributed by atoms with van der Waals surface area (Å²) >= 11 is 11.5. The molecule has 0 radical (unpaired) electrons. The van der Waals surface area contributed by atoms with Crippen molar-refractivity contribution >= 4 is 28.9 Å².